The highest BCUT2D eigenvalue weighted by molar-refractivity contribution is 5.97. The minimum Gasteiger partial charge on any atom is -0.376 e. The molecule has 1 fully saturated rings. The number of benzene rings is 1. The molecule has 0 amide bonds. The highest BCUT2D eigenvalue weighted by Crippen LogP contribution is 2.34. The monoisotopic (exact) mass is 429 g/mol. The van der Waals surface area contributed by atoms with Crippen LogP contribution in [0, 0.1) is 13.8 Å². The largest absolute Gasteiger partial charge is 0.376 e. The standard InChI is InChI=1S/C26H27N3O3/c1-16-25(18(3)32-28-16)21-12-24-26(27-13-21)23(20-9-7-19(8-10-20)17(2)30)15-29(24)14-22-6-4-5-11-31-22/h7-10,12-13,15,22H,4-6,11,14H2,1-3H3. The zero-order chi connectivity index (χ0) is 22.2. The van der Waals surface area contributed by atoms with Crippen LogP contribution in [0.25, 0.3) is 33.3 Å². The number of hydrogen-bond donors (Lipinski definition) is 0. The Hall–Kier alpha value is -3.25. The van der Waals surface area contributed by atoms with Gasteiger partial charge in [0.1, 0.15) is 5.76 Å². The van der Waals surface area contributed by atoms with Crippen molar-refractivity contribution in [3.05, 3.63) is 59.7 Å². The van der Waals surface area contributed by atoms with Gasteiger partial charge >= 0.3 is 0 Å². The van der Waals surface area contributed by atoms with Gasteiger partial charge < -0.3 is 13.8 Å². The molecule has 6 heteroatoms. The molecular formula is C26H27N3O3. The highest BCUT2D eigenvalue weighted by Gasteiger charge is 2.20. The minimum atomic E-state index is 0.0654. The maximum Gasteiger partial charge on any atom is 0.159 e. The van der Waals surface area contributed by atoms with Crippen molar-refractivity contribution < 1.29 is 14.1 Å². The topological polar surface area (TPSA) is 70.2 Å². The Morgan fingerprint density at radius 2 is 1.97 bits per heavy atom. The molecule has 4 aromatic rings. The van der Waals surface area contributed by atoms with Gasteiger partial charge in [-0.3, -0.25) is 9.78 Å². The van der Waals surface area contributed by atoms with Crippen molar-refractivity contribution in [1.29, 1.82) is 0 Å². The van der Waals surface area contributed by atoms with Crippen LogP contribution in [0.5, 0.6) is 0 Å². The zero-order valence-electron chi connectivity index (χ0n) is 18.7. The van der Waals surface area contributed by atoms with Gasteiger partial charge in [-0.15, -0.1) is 0 Å². The average molecular weight is 430 g/mol. The van der Waals surface area contributed by atoms with E-state index in [2.05, 4.69) is 22.0 Å². The summed E-state index contributed by atoms with van der Waals surface area (Å²) >= 11 is 0. The van der Waals surface area contributed by atoms with Crippen LogP contribution in [0.2, 0.25) is 0 Å². The molecule has 32 heavy (non-hydrogen) atoms. The number of nitrogens with zero attached hydrogens (tertiary/aromatic N) is 3. The van der Waals surface area contributed by atoms with Gasteiger partial charge in [0.25, 0.3) is 0 Å². The fourth-order valence-electron chi connectivity index (χ4n) is 4.62. The van der Waals surface area contributed by atoms with Crippen LogP contribution in [0.15, 0.2) is 47.2 Å². The van der Waals surface area contributed by atoms with Crippen LogP contribution >= 0.6 is 0 Å². The summed E-state index contributed by atoms with van der Waals surface area (Å²) in [5.41, 5.74) is 7.65. The Bertz CT molecular complexity index is 1260. The Kier molecular flexibility index (Phi) is 5.39. The van der Waals surface area contributed by atoms with Crippen LogP contribution in [-0.2, 0) is 11.3 Å². The van der Waals surface area contributed by atoms with Crippen LogP contribution in [0.1, 0.15) is 48.0 Å². The first-order chi connectivity index (χ1) is 15.5. The minimum absolute atomic E-state index is 0.0654. The van der Waals surface area contributed by atoms with E-state index in [4.69, 9.17) is 14.2 Å². The zero-order valence-corrected chi connectivity index (χ0v) is 18.7. The van der Waals surface area contributed by atoms with Crippen LogP contribution < -0.4 is 0 Å². The van der Waals surface area contributed by atoms with E-state index in [-0.39, 0.29) is 11.9 Å². The van der Waals surface area contributed by atoms with E-state index in [1.807, 2.05) is 44.3 Å². The van der Waals surface area contributed by atoms with Crippen molar-refractivity contribution in [3.63, 3.8) is 0 Å². The van der Waals surface area contributed by atoms with Gasteiger partial charge in [-0.25, -0.2) is 0 Å². The summed E-state index contributed by atoms with van der Waals surface area (Å²) in [5.74, 6) is 0.855. The molecule has 1 aliphatic rings. The van der Waals surface area contributed by atoms with E-state index in [1.54, 1.807) is 6.92 Å². The number of carbonyl (C=O) groups is 1. The number of aromatic nitrogens is 3. The number of hydrogen-bond acceptors (Lipinski definition) is 5. The molecular weight excluding hydrogens is 402 g/mol. The number of aryl methyl sites for hydroxylation is 2. The number of rotatable bonds is 5. The molecule has 1 aliphatic heterocycles. The molecule has 164 valence electrons. The quantitative estimate of drug-likeness (QED) is 0.378. The lowest BCUT2D eigenvalue weighted by atomic mass is 10.0. The molecule has 5 rings (SSSR count). The third kappa shape index (κ3) is 3.75. The molecule has 0 bridgehead atoms. The summed E-state index contributed by atoms with van der Waals surface area (Å²) in [6.07, 6.45) is 7.66. The molecule has 1 aromatic carbocycles. The van der Waals surface area contributed by atoms with Crippen LogP contribution in [-0.4, -0.2) is 33.2 Å². The summed E-state index contributed by atoms with van der Waals surface area (Å²) in [4.78, 5) is 16.6. The number of Topliss-reactive ketones (excluding diaryl/α,β-unsaturated/α-hetero) is 1. The van der Waals surface area contributed by atoms with E-state index < -0.39 is 0 Å². The summed E-state index contributed by atoms with van der Waals surface area (Å²) in [6.45, 7) is 7.08. The van der Waals surface area contributed by atoms with Gasteiger partial charge in [-0.1, -0.05) is 29.4 Å². The van der Waals surface area contributed by atoms with Crippen molar-refractivity contribution in [2.45, 2.75) is 52.7 Å². The first-order valence-corrected chi connectivity index (χ1v) is 11.2. The lowest BCUT2D eigenvalue weighted by Gasteiger charge is -2.23. The molecule has 3 aromatic heterocycles. The fraction of sp³-hybridized carbons (Fsp3) is 0.346. The van der Waals surface area contributed by atoms with Crippen LogP contribution in [0.4, 0.5) is 0 Å². The van der Waals surface area contributed by atoms with E-state index in [9.17, 15) is 4.79 Å². The fourth-order valence-corrected chi connectivity index (χ4v) is 4.62. The molecule has 0 radical (unpaired) electrons. The molecule has 0 saturated carbocycles. The van der Waals surface area contributed by atoms with Crippen molar-refractivity contribution in [2.24, 2.45) is 0 Å². The van der Waals surface area contributed by atoms with Crippen molar-refractivity contribution in [1.82, 2.24) is 14.7 Å². The normalized spacial score (nSPS) is 16.5. The van der Waals surface area contributed by atoms with E-state index in [0.29, 0.717) is 5.56 Å². The van der Waals surface area contributed by atoms with E-state index in [1.165, 1.54) is 6.42 Å². The van der Waals surface area contributed by atoms with Crippen LogP contribution in [0.3, 0.4) is 0 Å². The smallest absolute Gasteiger partial charge is 0.159 e. The number of fused-ring (bicyclic) bond motifs is 1. The molecule has 1 saturated heterocycles. The first kappa shape index (κ1) is 20.6. The Morgan fingerprint density at radius 3 is 2.62 bits per heavy atom. The maximum atomic E-state index is 11.7. The Balaban J connectivity index is 1.63. The average Bonchev–Trinajstić information content (AvgIpc) is 3.33. The Morgan fingerprint density at radius 1 is 1.16 bits per heavy atom. The van der Waals surface area contributed by atoms with Gasteiger partial charge in [0.05, 0.1) is 22.8 Å². The second-order valence-corrected chi connectivity index (χ2v) is 8.61. The van der Waals surface area contributed by atoms with Gasteiger partial charge in [0.15, 0.2) is 5.78 Å². The van der Waals surface area contributed by atoms with Gasteiger partial charge in [0.2, 0.25) is 0 Å². The molecule has 1 unspecified atom stereocenters. The van der Waals surface area contributed by atoms with Gasteiger partial charge in [0, 0.05) is 47.8 Å². The maximum absolute atomic E-state index is 11.7. The SMILES string of the molecule is CC(=O)c1ccc(-c2cn(CC3CCCCO3)c3cc(-c4c(C)noc4C)cnc23)cc1. The van der Waals surface area contributed by atoms with Crippen molar-refractivity contribution in [3.8, 4) is 22.3 Å². The summed E-state index contributed by atoms with van der Waals surface area (Å²) in [5, 5.41) is 4.11. The summed E-state index contributed by atoms with van der Waals surface area (Å²) < 4.78 is 13.7. The molecule has 0 N–H and O–H groups in total. The predicted molar refractivity (Wildman–Crippen MR) is 124 cm³/mol. The second-order valence-electron chi connectivity index (χ2n) is 8.61. The first-order valence-electron chi connectivity index (χ1n) is 11.2. The number of ketones is 1. The number of ether oxygens (including phenoxy) is 1. The molecule has 1 atom stereocenters. The highest BCUT2D eigenvalue weighted by atomic mass is 16.5. The summed E-state index contributed by atoms with van der Waals surface area (Å²) in [7, 11) is 0. The molecule has 0 aliphatic carbocycles. The lowest BCUT2D eigenvalue weighted by Crippen LogP contribution is -2.24. The van der Waals surface area contributed by atoms with E-state index in [0.717, 1.165) is 70.7 Å². The van der Waals surface area contributed by atoms with Gasteiger partial charge in [-0.2, -0.15) is 0 Å². The number of carbonyl (C=O) groups excluding carboxylic acids is 1. The number of pyridine rings is 1. The van der Waals surface area contributed by atoms with E-state index >= 15 is 0 Å². The third-order valence-electron chi connectivity index (χ3n) is 6.32. The molecule has 0 spiro atoms. The Labute approximate surface area is 187 Å². The third-order valence-corrected chi connectivity index (χ3v) is 6.32. The molecule has 6 nitrogen and oxygen atoms in total. The second kappa shape index (κ2) is 8.36. The molecule has 4 heterocycles. The summed E-state index contributed by atoms with van der Waals surface area (Å²) in [6, 6.07) is 9.92. The van der Waals surface area contributed by atoms with Crippen molar-refractivity contribution >= 4 is 16.8 Å². The van der Waals surface area contributed by atoms with Gasteiger partial charge in [-0.05, 0) is 51.7 Å². The predicted octanol–water partition coefficient (Wildman–Crippen LogP) is 5.75. The van der Waals surface area contributed by atoms with Crippen molar-refractivity contribution in [2.75, 3.05) is 6.61 Å². The lowest BCUT2D eigenvalue weighted by molar-refractivity contribution is 0.00671.